The molecule has 10 heteroatoms. The molecule has 2 rings (SSSR count). The van der Waals surface area contributed by atoms with E-state index in [0.717, 1.165) is 19.3 Å². The Morgan fingerprint density at radius 2 is 1.59 bits per heavy atom. The molecule has 0 bridgehead atoms. The summed E-state index contributed by atoms with van der Waals surface area (Å²) < 4.78 is 39.0. The topological polar surface area (TPSA) is 96.3 Å². The molecule has 0 aliphatic heterocycles. The van der Waals surface area contributed by atoms with Gasteiger partial charge in [-0.15, -0.1) is 0 Å². The Hall–Kier alpha value is -1.04. The fourth-order valence-corrected chi connectivity index (χ4v) is 25.0. The van der Waals surface area contributed by atoms with Crippen LogP contribution >= 0.6 is 23.1 Å². The minimum atomic E-state index is -3.81. The number of alkyl carbamates (subject to hydrolysis) is 1. The van der Waals surface area contributed by atoms with Crippen molar-refractivity contribution in [3.63, 3.8) is 0 Å². The van der Waals surface area contributed by atoms with Crippen LogP contribution in [-0.4, -0.2) is 50.6 Å². The maximum atomic E-state index is 14.0. The Morgan fingerprint density at radius 1 is 1.03 bits per heavy atom. The SMILES string of the molecule is CCC[CH2][Sn]([CH2]CCC)([CH2]CCC)[c]1cccc(S(=O)(=O)c2cc(C(=N)NC(=O)OC(C)(C)C)sc2SC)c1. The number of sulfone groups is 1. The van der Waals surface area contributed by atoms with Crippen LogP contribution < -0.4 is 8.90 Å². The van der Waals surface area contributed by atoms with E-state index in [9.17, 15) is 13.2 Å². The van der Waals surface area contributed by atoms with Crippen LogP contribution in [0.1, 0.15) is 84.9 Å². The summed E-state index contributed by atoms with van der Waals surface area (Å²) in [6, 6.07) is 9.33. The van der Waals surface area contributed by atoms with Crippen LogP contribution in [0.5, 0.6) is 0 Å². The average Bonchev–Trinajstić information content (AvgIpc) is 3.33. The summed E-state index contributed by atoms with van der Waals surface area (Å²) in [5.41, 5.74) is -0.699. The summed E-state index contributed by atoms with van der Waals surface area (Å²) in [4.78, 5) is 13.1. The number of nitrogens with one attached hydrogen (secondary N) is 2. The fraction of sp³-hybridized carbons (Fsp3) is 0.586. The van der Waals surface area contributed by atoms with Gasteiger partial charge in [0.05, 0.1) is 0 Å². The van der Waals surface area contributed by atoms with Crippen LogP contribution in [0.15, 0.2) is 44.3 Å². The van der Waals surface area contributed by atoms with E-state index in [4.69, 9.17) is 10.1 Å². The van der Waals surface area contributed by atoms with Gasteiger partial charge < -0.3 is 0 Å². The summed E-state index contributed by atoms with van der Waals surface area (Å²) >= 11 is -0.294. The molecule has 0 aliphatic carbocycles. The normalized spacial score (nSPS) is 12.4. The van der Waals surface area contributed by atoms with Gasteiger partial charge in [0, 0.05) is 0 Å². The van der Waals surface area contributed by atoms with Crippen molar-refractivity contribution in [2.24, 2.45) is 0 Å². The molecule has 0 aliphatic rings. The molecule has 1 aromatic carbocycles. The van der Waals surface area contributed by atoms with Gasteiger partial charge in [-0.05, 0) is 20.8 Å². The number of hydrogen-bond acceptors (Lipinski definition) is 7. The first-order valence-corrected chi connectivity index (χ1v) is 25.0. The number of unbranched alkanes of at least 4 members (excludes halogenated alkanes) is 3. The molecule has 1 amide bonds. The number of amidine groups is 1. The standard InChI is InChI=1S/C17H19N2O4S3.3C4H9.Sn/c1-17(2,3)23-16(20)19-14(18)12-10-13(15(24-4)25-12)26(21,22)11-8-6-5-7-9-11;3*1-3-4-2;/h5-6,8-10H,1-4H3,(H2,18,19,20);3*1,3-4H2,2H3;. The van der Waals surface area contributed by atoms with Crippen LogP contribution in [-0.2, 0) is 14.6 Å². The first kappa shape index (κ1) is 34.2. The van der Waals surface area contributed by atoms with Gasteiger partial charge in [0.15, 0.2) is 0 Å². The molecule has 0 saturated carbocycles. The monoisotopic (exact) mass is 702 g/mol. The van der Waals surface area contributed by atoms with Crippen molar-refractivity contribution in [1.29, 1.82) is 5.41 Å². The van der Waals surface area contributed by atoms with Crippen molar-refractivity contribution in [1.82, 2.24) is 5.32 Å². The number of rotatable bonds is 14. The molecule has 2 N–H and O–H groups in total. The van der Waals surface area contributed by atoms with Crippen molar-refractivity contribution < 1.29 is 17.9 Å². The molecule has 0 radical (unpaired) electrons. The Balaban J connectivity index is 2.50. The van der Waals surface area contributed by atoms with Crippen LogP contribution in [0.25, 0.3) is 0 Å². The number of ether oxygens (including phenoxy) is 1. The zero-order chi connectivity index (χ0) is 29.3. The zero-order valence-electron chi connectivity index (χ0n) is 24.6. The van der Waals surface area contributed by atoms with Crippen LogP contribution in [0.2, 0.25) is 13.3 Å². The number of thiophene rings is 1. The van der Waals surface area contributed by atoms with E-state index in [2.05, 4.69) is 32.2 Å². The molecular formula is C29H46N2O4S3Sn. The number of amides is 1. The second kappa shape index (κ2) is 15.3. The molecule has 1 heterocycles. The maximum absolute atomic E-state index is 14.0. The average molecular weight is 702 g/mol. The summed E-state index contributed by atoms with van der Waals surface area (Å²) in [5, 5.41) is 10.8. The van der Waals surface area contributed by atoms with Gasteiger partial charge in [-0.1, -0.05) is 0 Å². The number of hydrogen-bond donors (Lipinski definition) is 2. The third-order valence-corrected chi connectivity index (χ3v) is 26.7. The van der Waals surface area contributed by atoms with Crippen LogP contribution in [0.4, 0.5) is 4.79 Å². The minimum absolute atomic E-state index is 0.173. The molecule has 2 aromatic rings. The van der Waals surface area contributed by atoms with Gasteiger partial charge in [0.2, 0.25) is 0 Å². The predicted molar refractivity (Wildman–Crippen MR) is 169 cm³/mol. The van der Waals surface area contributed by atoms with Gasteiger partial charge in [-0.25, -0.2) is 0 Å². The predicted octanol–water partition coefficient (Wildman–Crippen LogP) is 8.21. The first-order chi connectivity index (χ1) is 18.3. The molecule has 6 nitrogen and oxygen atoms in total. The van der Waals surface area contributed by atoms with E-state index in [1.165, 1.54) is 65.3 Å². The Bertz CT molecular complexity index is 1200. The number of benzene rings is 1. The van der Waals surface area contributed by atoms with E-state index < -0.39 is 39.9 Å². The summed E-state index contributed by atoms with van der Waals surface area (Å²) in [5.74, 6) is -0.173. The summed E-state index contributed by atoms with van der Waals surface area (Å²) in [7, 11) is -3.81. The van der Waals surface area contributed by atoms with E-state index in [0.29, 0.717) is 14.0 Å². The van der Waals surface area contributed by atoms with Crippen LogP contribution in [0, 0.1) is 5.41 Å². The molecule has 1 aromatic heterocycles. The van der Waals surface area contributed by atoms with Crippen molar-refractivity contribution in [3.8, 4) is 0 Å². The summed E-state index contributed by atoms with van der Waals surface area (Å²) in [6.45, 7) is 12.0. The Kier molecular flexibility index (Phi) is 13.4. The van der Waals surface area contributed by atoms with Crippen molar-refractivity contribution in [3.05, 3.63) is 35.2 Å². The number of carbonyl (C=O) groups excluding carboxylic acids is 1. The first-order valence-electron chi connectivity index (χ1n) is 14.0. The Morgan fingerprint density at radius 3 is 2.08 bits per heavy atom. The summed E-state index contributed by atoms with van der Waals surface area (Å²) in [6.07, 6.45) is 8.19. The van der Waals surface area contributed by atoms with E-state index in [-0.39, 0.29) is 10.7 Å². The van der Waals surface area contributed by atoms with Gasteiger partial charge in [-0.2, -0.15) is 0 Å². The van der Waals surface area contributed by atoms with Gasteiger partial charge in [0.1, 0.15) is 0 Å². The molecule has 0 unspecified atom stereocenters. The second-order valence-electron chi connectivity index (χ2n) is 11.1. The molecule has 0 fully saturated rings. The van der Waals surface area contributed by atoms with Crippen molar-refractivity contribution >= 4 is 66.8 Å². The molecule has 0 atom stereocenters. The fourth-order valence-electron chi connectivity index (χ4n) is 4.75. The third kappa shape index (κ3) is 9.50. The number of carbonyl (C=O) groups is 1. The van der Waals surface area contributed by atoms with Crippen LogP contribution in [0.3, 0.4) is 0 Å². The van der Waals surface area contributed by atoms with Gasteiger partial charge in [-0.3, -0.25) is 0 Å². The molecule has 0 spiro atoms. The van der Waals surface area contributed by atoms with E-state index >= 15 is 0 Å². The van der Waals surface area contributed by atoms with E-state index in [1.54, 1.807) is 26.8 Å². The quantitative estimate of drug-likeness (QED) is 0.0897. The Labute approximate surface area is 248 Å². The zero-order valence-corrected chi connectivity index (χ0v) is 29.9. The molecular weight excluding hydrogens is 655 g/mol. The molecule has 0 saturated heterocycles. The number of thioether (sulfide) groups is 1. The third-order valence-electron chi connectivity index (χ3n) is 6.80. The van der Waals surface area contributed by atoms with Gasteiger partial charge >= 0.3 is 229 Å². The molecule has 218 valence electrons. The van der Waals surface area contributed by atoms with Gasteiger partial charge in [0.25, 0.3) is 0 Å². The second-order valence-corrected chi connectivity index (χ2v) is 28.4. The van der Waals surface area contributed by atoms with Crippen molar-refractivity contribution in [2.75, 3.05) is 6.26 Å². The van der Waals surface area contributed by atoms with E-state index in [1.807, 2.05) is 18.4 Å². The molecule has 39 heavy (non-hydrogen) atoms. The van der Waals surface area contributed by atoms with Crippen molar-refractivity contribution in [2.45, 2.75) is 113 Å².